The van der Waals surface area contributed by atoms with E-state index in [4.69, 9.17) is 11.6 Å². The fourth-order valence-corrected chi connectivity index (χ4v) is 2.29. The molecular formula is C15H9ClF2O4S. The van der Waals surface area contributed by atoms with Gasteiger partial charge in [-0.25, -0.2) is 0 Å². The first-order valence-corrected chi connectivity index (χ1v) is 7.85. The van der Waals surface area contributed by atoms with Gasteiger partial charge in [0.25, 0.3) is 0 Å². The van der Waals surface area contributed by atoms with Gasteiger partial charge >= 0.3 is 16.5 Å². The number of halogens is 3. The van der Waals surface area contributed by atoms with Crippen LogP contribution < -0.4 is 4.18 Å². The van der Waals surface area contributed by atoms with Gasteiger partial charge in [-0.2, -0.15) is 12.8 Å². The van der Waals surface area contributed by atoms with Crippen LogP contribution in [0.2, 0.25) is 5.02 Å². The van der Waals surface area contributed by atoms with Crippen molar-refractivity contribution in [3.8, 4) is 5.75 Å². The average Bonchev–Trinajstić information content (AvgIpc) is 2.45. The predicted molar refractivity (Wildman–Crippen MR) is 82.9 cm³/mol. The minimum atomic E-state index is -5.11. The Balaban J connectivity index is 2.17. The second-order valence-electron chi connectivity index (χ2n) is 4.39. The molecule has 0 aliphatic rings. The van der Waals surface area contributed by atoms with Gasteiger partial charge in [-0.3, -0.25) is 4.79 Å². The fourth-order valence-electron chi connectivity index (χ4n) is 1.72. The Bertz CT molecular complexity index is 862. The van der Waals surface area contributed by atoms with E-state index in [0.717, 1.165) is 6.07 Å². The zero-order valence-electron chi connectivity index (χ0n) is 11.4. The topological polar surface area (TPSA) is 60.4 Å². The molecule has 120 valence electrons. The summed E-state index contributed by atoms with van der Waals surface area (Å²) in [5, 5.41) is 0.151. The molecule has 2 aromatic carbocycles. The predicted octanol–water partition coefficient (Wildman–Crippen LogP) is 4.21. The molecule has 0 atom stereocenters. The zero-order valence-corrected chi connectivity index (χ0v) is 12.9. The Labute approximate surface area is 136 Å². The highest BCUT2D eigenvalue weighted by molar-refractivity contribution is 7.81. The maximum atomic E-state index is 12.5. The lowest BCUT2D eigenvalue weighted by Crippen LogP contribution is -2.01. The van der Waals surface area contributed by atoms with E-state index in [1.54, 1.807) is 24.3 Å². The van der Waals surface area contributed by atoms with Crippen molar-refractivity contribution in [2.24, 2.45) is 0 Å². The third-order valence-electron chi connectivity index (χ3n) is 2.76. The van der Waals surface area contributed by atoms with Gasteiger partial charge in [-0.05, 0) is 35.4 Å². The quantitative estimate of drug-likeness (QED) is 0.593. The van der Waals surface area contributed by atoms with E-state index in [1.807, 2.05) is 0 Å². The second-order valence-corrected chi connectivity index (χ2v) is 5.75. The van der Waals surface area contributed by atoms with Crippen molar-refractivity contribution in [3.05, 3.63) is 64.2 Å². The van der Waals surface area contributed by atoms with Crippen LogP contribution in [0.25, 0.3) is 12.2 Å². The molecule has 8 heteroatoms. The van der Waals surface area contributed by atoms with Gasteiger partial charge in [0.1, 0.15) is 5.75 Å². The highest BCUT2D eigenvalue weighted by Gasteiger charge is 2.10. The van der Waals surface area contributed by atoms with Gasteiger partial charge in [0.15, 0.2) is 0 Å². The second kappa shape index (κ2) is 6.89. The minimum absolute atomic E-state index is 0.0471. The molecule has 0 aliphatic carbocycles. The van der Waals surface area contributed by atoms with E-state index in [2.05, 4.69) is 4.18 Å². The summed E-state index contributed by atoms with van der Waals surface area (Å²) in [7, 11) is -5.11. The summed E-state index contributed by atoms with van der Waals surface area (Å²) < 4.78 is 49.7. The number of carbonyl (C=O) groups excluding carboxylic acids is 1. The SMILES string of the molecule is O=C(F)c1ccc(/C=C/c2ccc(OS(=O)(=O)F)cc2Cl)cc1. The smallest absolute Gasteiger partial charge is 0.358 e. The molecule has 0 radical (unpaired) electrons. The van der Waals surface area contributed by atoms with E-state index in [-0.39, 0.29) is 16.3 Å². The van der Waals surface area contributed by atoms with E-state index >= 15 is 0 Å². The Morgan fingerprint density at radius 1 is 1.09 bits per heavy atom. The molecule has 2 rings (SSSR count). The van der Waals surface area contributed by atoms with E-state index < -0.39 is 16.5 Å². The van der Waals surface area contributed by atoms with Crippen molar-refractivity contribution in [1.29, 1.82) is 0 Å². The van der Waals surface area contributed by atoms with Crippen molar-refractivity contribution >= 4 is 40.3 Å². The fraction of sp³-hybridized carbons (Fsp3) is 0. The zero-order chi connectivity index (χ0) is 17.0. The largest absolute Gasteiger partial charge is 0.488 e. The molecule has 23 heavy (non-hydrogen) atoms. The maximum absolute atomic E-state index is 12.5. The van der Waals surface area contributed by atoms with Crippen LogP contribution >= 0.6 is 11.6 Å². The molecule has 0 bridgehead atoms. The Hall–Kier alpha value is -2.25. The average molecular weight is 359 g/mol. The van der Waals surface area contributed by atoms with Crippen LogP contribution in [0.1, 0.15) is 21.5 Å². The first-order chi connectivity index (χ1) is 10.7. The molecule has 0 heterocycles. The van der Waals surface area contributed by atoms with Crippen LogP contribution in [0.15, 0.2) is 42.5 Å². The molecule has 4 nitrogen and oxygen atoms in total. The third-order valence-corrected chi connectivity index (χ3v) is 3.48. The van der Waals surface area contributed by atoms with Crippen LogP contribution in [0, 0.1) is 0 Å². The van der Waals surface area contributed by atoms with Gasteiger partial charge in [0.05, 0.1) is 10.6 Å². The van der Waals surface area contributed by atoms with Crippen LogP contribution in [0.5, 0.6) is 5.75 Å². The summed E-state index contributed by atoms with van der Waals surface area (Å²) in [5.41, 5.74) is 1.17. The van der Waals surface area contributed by atoms with Crippen molar-refractivity contribution < 1.29 is 25.7 Å². The number of hydrogen-bond acceptors (Lipinski definition) is 4. The number of rotatable bonds is 5. The third kappa shape index (κ3) is 5.15. The molecule has 0 saturated heterocycles. The summed E-state index contributed by atoms with van der Waals surface area (Å²) >= 11 is 5.95. The lowest BCUT2D eigenvalue weighted by atomic mass is 10.1. The van der Waals surface area contributed by atoms with Crippen LogP contribution in [0.3, 0.4) is 0 Å². The summed E-state index contributed by atoms with van der Waals surface area (Å²) in [6.07, 6.45) is 3.27. The summed E-state index contributed by atoms with van der Waals surface area (Å²) in [6.45, 7) is 0. The number of benzene rings is 2. The van der Waals surface area contributed by atoms with Crippen molar-refractivity contribution in [1.82, 2.24) is 0 Å². The van der Waals surface area contributed by atoms with Crippen molar-refractivity contribution in [2.75, 3.05) is 0 Å². The highest BCUT2D eigenvalue weighted by Crippen LogP contribution is 2.25. The summed E-state index contributed by atoms with van der Waals surface area (Å²) in [6, 6.07) is 8.10. The molecule has 0 N–H and O–H groups in total. The first-order valence-electron chi connectivity index (χ1n) is 6.16. The van der Waals surface area contributed by atoms with Gasteiger partial charge in [-0.15, -0.1) is 0 Å². The molecule has 0 fully saturated rings. The maximum Gasteiger partial charge on any atom is 0.488 e. The Kier molecular flexibility index (Phi) is 5.12. The standard InChI is InChI=1S/C15H9ClF2O4S/c16-14-9-13(22-23(18,20)21)8-7-11(14)4-1-10-2-5-12(6-3-10)15(17)19/h1-9H/b4-1+. The molecule has 2 aromatic rings. The minimum Gasteiger partial charge on any atom is -0.358 e. The summed E-state index contributed by atoms with van der Waals surface area (Å²) in [4.78, 5) is 10.5. The van der Waals surface area contributed by atoms with Gasteiger partial charge in [0.2, 0.25) is 0 Å². The van der Waals surface area contributed by atoms with Crippen molar-refractivity contribution in [2.45, 2.75) is 0 Å². The number of carbonyl (C=O) groups is 1. The van der Waals surface area contributed by atoms with Gasteiger partial charge < -0.3 is 4.18 Å². The van der Waals surface area contributed by atoms with E-state index in [1.165, 1.54) is 24.3 Å². The molecule has 0 spiro atoms. The lowest BCUT2D eigenvalue weighted by Gasteiger charge is -2.03. The van der Waals surface area contributed by atoms with E-state index in [9.17, 15) is 21.5 Å². The van der Waals surface area contributed by atoms with Crippen LogP contribution in [0.4, 0.5) is 8.28 Å². The molecule has 0 aliphatic heterocycles. The Morgan fingerprint density at radius 2 is 1.74 bits per heavy atom. The molecule has 0 aromatic heterocycles. The van der Waals surface area contributed by atoms with Gasteiger partial charge in [0, 0.05) is 6.07 Å². The van der Waals surface area contributed by atoms with Gasteiger partial charge in [-0.1, -0.05) is 39.8 Å². The Morgan fingerprint density at radius 3 is 2.26 bits per heavy atom. The molecular weight excluding hydrogens is 350 g/mol. The van der Waals surface area contributed by atoms with Crippen LogP contribution in [-0.4, -0.2) is 14.5 Å². The highest BCUT2D eigenvalue weighted by atomic mass is 35.5. The lowest BCUT2D eigenvalue weighted by molar-refractivity contribution is 0.0836. The summed E-state index contributed by atoms with van der Waals surface area (Å²) in [5.74, 6) is -0.250. The van der Waals surface area contributed by atoms with E-state index in [0.29, 0.717) is 11.1 Å². The normalized spacial score (nSPS) is 11.6. The first kappa shape index (κ1) is 17.1. The van der Waals surface area contributed by atoms with Crippen molar-refractivity contribution in [3.63, 3.8) is 0 Å². The monoisotopic (exact) mass is 358 g/mol. The van der Waals surface area contributed by atoms with Crippen LogP contribution in [-0.2, 0) is 10.5 Å². The molecule has 0 amide bonds. The number of hydrogen-bond donors (Lipinski definition) is 0. The molecule has 0 unspecified atom stereocenters. The molecule has 0 saturated carbocycles.